The van der Waals surface area contributed by atoms with Crippen molar-refractivity contribution in [3.8, 4) is 0 Å². The quantitative estimate of drug-likeness (QED) is 0.782. The van der Waals surface area contributed by atoms with Gasteiger partial charge in [0.1, 0.15) is 0 Å². The van der Waals surface area contributed by atoms with Crippen molar-refractivity contribution in [1.82, 2.24) is 5.32 Å². The summed E-state index contributed by atoms with van der Waals surface area (Å²) in [5.74, 6) is -0.778. The van der Waals surface area contributed by atoms with Crippen molar-refractivity contribution in [3.63, 3.8) is 0 Å². The van der Waals surface area contributed by atoms with Crippen LogP contribution in [0.15, 0.2) is 18.2 Å². The molecule has 0 saturated heterocycles. The molecule has 17 heavy (non-hydrogen) atoms. The predicted octanol–water partition coefficient (Wildman–Crippen LogP) is 3.51. The Balaban J connectivity index is 2.49. The van der Waals surface area contributed by atoms with Crippen LogP contribution in [0.4, 0.5) is 0 Å². The summed E-state index contributed by atoms with van der Waals surface area (Å²) in [6.07, 6.45) is 0.765. The number of nitrogens with one attached hydrogen (secondary N) is 1. The molecule has 0 aliphatic carbocycles. The van der Waals surface area contributed by atoms with Gasteiger partial charge in [-0.3, -0.25) is 4.79 Å². The van der Waals surface area contributed by atoms with Gasteiger partial charge in [-0.05, 0) is 31.5 Å². The van der Waals surface area contributed by atoms with E-state index in [1.807, 2.05) is 19.1 Å². The summed E-state index contributed by atoms with van der Waals surface area (Å²) in [5, 5.41) is 12.8. The molecule has 94 valence electrons. The second-order valence-corrected chi connectivity index (χ2v) is 4.60. The lowest BCUT2D eigenvalue weighted by Gasteiger charge is -2.15. The molecule has 0 fully saturated rings. The molecule has 1 unspecified atom stereocenters. The molecule has 0 spiro atoms. The summed E-state index contributed by atoms with van der Waals surface area (Å²) in [5.41, 5.74) is 0.925. The number of carboxylic acid groups (broad SMARTS) is 1. The van der Waals surface area contributed by atoms with Gasteiger partial charge in [-0.2, -0.15) is 0 Å². The second-order valence-electron chi connectivity index (χ2n) is 3.82. The normalized spacial score (nSPS) is 12.4. The smallest absolute Gasteiger partial charge is 0.303 e. The Labute approximate surface area is 111 Å². The van der Waals surface area contributed by atoms with E-state index in [1.54, 1.807) is 6.07 Å². The first-order valence-electron chi connectivity index (χ1n) is 5.41. The molecule has 0 saturated carbocycles. The van der Waals surface area contributed by atoms with Gasteiger partial charge in [0.15, 0.2) is 0 Å². The zero-order chi connectivity index (χ0) is 12.8. The Kier molecular flexibility index (Phi) is 5.75. The molecule has 5 heteroatoms. The van der Waals surface area contributed by atoms with Crippen molar-refractivity contribution >= 4 is 29.2 Å². The lowest BCUT2D eigenvalue weighted by atomic mass is 10.1. The predicted molar refractivity (Wildman–Crippen MR) is 69.7 cm³/mol. The van der Waals surface area contributed by atoms with E-state index in [4.69, 9.17) is 28.3 Å². The van der Waals surface area contributed by atoms with E-state index in [0.29, 0.717) is 23.0 Å². The molecule has 1 aromatic rings. The Bertz CT molecular complexity index is 396. The fourth-order valence-electron chi connectivity index (χ4n) is 1.52. The highest BCUT2D eigenvalue weighted by molar-refractivity contribution is 6.42. The molecule has 3 nitrogen and oxygen atoms in total. The molecule has 0 amide bonds. The Morgan fingerprint density at radius 2 is 2.18 bits per heavy atom. The molecule has 0 aromatic heterocycles. The number of aliphatic carboxylic acids is 1. The number of hydrogen-bond acceptors (Lipinski definition) is 2. The first-order valence-corrected chi connectivity index (χ1v) is 6.17. The summed E-state index contributed by atoms with van der Waals surface area (Å²) in [6, 6.07) is 5.54. The monoisotopic (exact) mass is 275 g/mol. The molecule has 0 radical (unpaired) electrons. The highest BCUT2D eigenvalue weighted by Gasteiger charge is 2.11. The maximum atomic E-state index is 10.3. The van der Waals surface area contributed by atoms with Gasteiger partial charge in [-0.25, -0.2) is 0 Å². The van der Waals surface area contributed by atoms with Gasteiger partial charge in [0.05, 0.1) is 10.0 Å². The highest BCUT2D eigenvalue weighted by atomic mass is 35.5. The van der Waals surface area contributed by atoms with Crippen LogP contribution in [-0.2, 0) is 4.79 Å². The molecule has 0 bridgehead atoms. The maximum Gasteiger partial charge on any atom is 0.303 e. The van der Waals surface area contributed by atoms with Gasteiger partial charge in [0, 0.05) is 12.5 Å². The zero-order valence-electron chi connectivity index (χ0n) is 9.54. The third kappa shape index (κ3) is 4.54. The van der Waals surface area contributed by atoms with Crippen molar-refractivity contribution < 1.29 is 9.90 Å². The van der Waals surface area contributed by atoms with Gasteiger partial charge < -0.3 is 10.4 Å². The molecular formula is C12H15Cl2NO2. The van der Waals surface area contributed by atoms with E-state index in [0.717, 1.165) is 5.56 Å². The fraction of sp³-hybridized carbons (Fsp3) is 0.417. The lowest BCUT2D eigenvalue weighted by Crippen LogP contribution is -2.20. The van der Waals surface area contributed by atoms with Crippen LogP contribution in [0.1, 0.15) is 31.4 Å². The van der Waals surface area contributed by atoms with Crippen molar-refractivity contribution in [2.45, 2.75) is 25.8 Å². The molecule has 0 aliphatic heterocycles. The van der Waals surface area contributed by atoms with Gasteiger partial charge in [-0.1, -0.05) is 35.3 Å². The van der Waals surface area contributed by atoms with Gasteiger partial charge in [-0.15, -0.1) is 0 Å². The number of carbonyl (C=O) groups is 1. The summed E-state index contributed by atoms with van der Waals surface area (Å²) < 4.78 is 0. The molecule has 0 heterocycles. The van der Waals surface area contributed by atoms with Crippen molar-refractivity contribution in [1.29, 1.82) is 0 Å². The van der Waals surface area contributed by atoms with E-state index in [-0.39, 0.29) is 12.5 Å². The highest BCUT2D eigenvalue weighted by Crippen LogP contribution is 2.29. The average Bonchev–Trinajstić information content (AvgIpc) is 2.27. The van der Waals surface area contributed by atoms with Crippen LogP contribution < -0.4 is 5.32 Å². The van der Waals surface area contributed by atoms with Crippen molar-refractivity contribution in [2.75, 3.05) is 6.54 Å². The maximum absolute atomic E-state index is 10.3. The van der Waals surface area contributed by atoms with E-state index in [2.05, 4.69) is 5.32 Å². The lowest BCUT2D eigenvalue weighted by molar-refractivity contribution is -0.137. The van der Waals surface area contributed by atoms with E-state index < -0.39 is 5.97 Å². The van der Waals surface area contributed by atoms with Crippen LogP contribution in [-0.4, -0.2) is 17.6 Å². The number of hydrogen-bond donors (Lipinski definition) is 2. The minimum atomic E-state index is -0.778. The third-order valence-corrected chi connectivity index (χ3v) is 3.30. The minimum Gasteiger partial charge on any atom is -0.481 e. The van der Waals surface area contributed by atoms with Crippen LogP contribution in [0.25, 0.3) is 0 Å². The number of benzene rings is 1. The molecule has 1 rings (SSSR count). The standard InChI is InChI=1S/C12H15Cl2NO2/c1-8(15-7-3-6-11(16)17)9-4-2-5-10(13)12(9)14/h2,4-5,8,15H,3,6-7H2,1H3,(H,16,17). The van der Waals surface area contributed by atoms with Crippen LogP contribution >= 0.6 is 23.2 Å². The first kappa shape index (κ1) is 14.3. The SMILES string of the molecule is CC(NCCCC(=O)O)c1cccc(Cl)c1Cl. The Morgan fingerprint density at radius 3 is 2.82 bits per heavy atom. The largest absolute Gasteiger partial charge is 0.481 e. The first-order chi connectivity index (χ1) is 8.02. The Morgan fingerprint density at radius 1 is 1.47 bits per heavy atom. The molecule has 0 aliphatic rings. The van der Waals surface area contributed by atoms with Gasteiger partial charge >= 0.3 is 5.97 Å². The van der Waals surface area contributed by atoms with Crippen LogP contribution in [0, 0.1) is 0 Å². The second kappa shape index (κ2) is 6.84. The molecule has 2 N–H and O–H groups in total. The summed E-state index contributed by atoms with van der Waals surface area (Å²) in [6.45, 7) is 2.61. The van der Waals surface area contributed by atoms with Crippen LogP contribution in [0.3, 0.4) is 0 Å². The summed E-state index contributed by atoms with van der Waals surface area (Å²) >= 11 is 12.0. The van der Waals surface area contributed by atoms with Gasteiger partial charge in [0.25, 0.3) is 0 Å². The van der Waals surface area contributed by atoms with E-state index in [1.165, 1.54) is 0 Å². The molecule has 1 aromatic carbocycles. The van der Waals surface area contributed by atoms with Crippen molar-refractivity contribution in [3.05, 3.63) is 33.8 Å². The van der Waals surface area contributed by atoms with E-state index >= 15 is 0 Å². The number of halogens is 2. The number of carboxylic acids is 1. The van der Waals surface area contributed by atoms with Crippen LogP contribution in [0.2, 0.25) is 10.0 Å². The van der Waals surface area contributed by atoms with Crippen molar-refractivity contribution in [2.24, 2.45) is 0 Å². The fourth-order valence-corrected chi connectivity index (χ4v) is 1.99. The third-order valence-electron chi connectivity index (χ3n) is 2.47. The van der Waals surface area contributed by atoms with Gasteiger partial charge in [0.2, 0.25) is 0 Å². The van der Waals surface area contributed by atoms with Crippen LogP contribution in [0.5, 0.6) is 0 Å². The Hall–Kier alpha value is -0.770. The number of rotatable bonds is 6. The molecular weight excluding hydrogens is 261 g/mol. The van der Waals surface area contributed by atoms with E-state index in [9.17, 15) is 4.79 Å². The molecule has 1 atom stereocenters. The zero-order valence-corrected chi connectivity index (χ0v) is 11.1. The summed E-state index contributed by atoms with van der Waals surface area (Å²) in [4.78, 5) is 10.3. The average molecular weight is 276 g/mol. The summed E-state index contributed by atoms with van der Waals surface area (Å²) in [7, 11) is 0. The minimum absolute atomic E-state index is 0.0509. The topological polar surface area (TPSA) is 49.3 Å².